The van der Waals surface area contributed by atoms with Gasteiger partial charge in [0, 0.05) is 17.5 Å². The van der Waals surface area contributed by atoms with Gasteiger partial charge in [0.1, 0.15) is 11.5 Å². The van der Waals surface area contributed by atoms with Gasteiger partial charge < -0.3 is 10.2 Å². The van der Waals surface area contributed by atoms with Crippen LogP contribution in [0.1, 0.15) is 49.4 Å². The van der Waals surface area contributed by atoms with Gasteiger partial charge in [-0.05, 0) is 37.2 Å². The molecule has 0 aliphatic heterocycles. The number of nitrogens with zero attached hydrogens (tertiary/aromatic N) is 3. The minimum atomic E-state index is -0.0296. The molecule has 3 N–H and O–H groups in total. The second-order valence-electron chi connectivity index (χ2n) is 5.52. The van der Waals surface area contributed by atoms with Gasteiger partial charge in [-0.25, -0.2) is 0 Å². The predicted molar refractivity (Wildman–Crippen MR) is 86.0 cm³/mol. The zero-order valence-electron chi connectivity index (χ0n) is 12.1. The largest absolute Gasteiger partial charge is 0.508 e. The van der Waals surface area contributed by atoms with Crippen LogP contribution in [0.4, 0.5) is 0 Å². The second-order valence-corrected chi connectivity index (χ2v) is 5.91. The first-order valence-corrected chi connectivity index (χ1v) is 7.79. The lowest BCUT2D eigenvalue weighted by atomic mass is 9.89. The molecule has 7 heteroatoms. The maximum Gasteiger partial charge on any atom is 0.216 e. The predicted octanol–water partition coefficient (Wildman–Crippen LogP) is 3.28. The number of benzene rings is 1. The van der Waals surface area contributed by atoms with Gasteiger partial charge in [-0.2, -0.15) is 14.9 Å². The van der Waals surface area contributed by atoms with Crippen molar-refractivity contribution in [3.05, 3.63) is 34.4 Å². The smallest absolute Gasteiger partial charge is 0.216 e. The number of phenols is 2. The topological polar surface area (TPSA) is 86.4 Å². The van der Waals surface area contributed by atoms with Crippen LogP contribution in [0.25, 0.3) is 0 Å². The van der Waals surface area contributed by atoms with Crippen molar-refractivity contribution in [2.45, 2.75) is 38.0 Å². The molecule has 0 atom stereocenters. The maximum atomic E-state index is 9.80. The van der Waals surface area contributed by atoms with E-state index in [0.717, 1.165) is 18.7 Å². The van der Waals surface area contributed by atoms with Crippen molar-refractivity contribution >= 4 is 18.4 Å². The summed E-state index contributed by atoms with van der Waals surface area (Å²) >= 11 is 5.24. The SMILES string of the molecule is Oc1ccc(/C=N\n2c(C3CCCCC3)n[nH]c2=S)c(O)c1. The van der Waals surface area contributed by atoms with E-state index in [1.165, 1.54) is 37.6 Å². The summed E-state index contributed by atoms with van der Waals surface area (Å²) < 4.78 is 2.06. The molecule has 1 aromatic carbocycles. The highest BCUT2D eigenvalue weighted by atomic mass is 32.1. The molecule has 3 rings (SSSR count). The molecule has 2 aromatic rings. The molecule has 1 saturated carbocycles. The Morgan fingerprint density at radius 1 is 1.27 bits per heavy atom. The fourth-order valence-electron chi connectivity index (χ4n) is 2.80. The molecule has 0 saturated heterocycles. The van der Waals surface area contributed by atoms with E-state index in [2.05, 4.69) is 15.3 Å². The van der Waals surface area contributed by atoms with Crippen molar-refractivity contribution in [3.8, 4) is 11.5 Å². The van der Waals surface area contributed by atoms with Gasteiger partial charge in [0.2, 0.25) is 4.77 Å². The highest BCUT2D eigenvalue weighted by Crippen LogP contribution is 2.31. The normalized spacial score (nSPS) is 16.4. The first kappa shape index (κ1) is 14.8. The molecule has 0 amide bonds. The summed E-state index contributed by atoms with van der Waals surface area (Å²) in [5.41, 5.74) is 0.510. The zero-order chi connectivity index (χ0) is 15.5. The van der Waals surface area contributed by atoms with E-state index in [1.54, 1.807) is 10.7 Å². The Labute approximate surface area is 133 Å². The third-order valence-corrected chi connectivity index (χ3v) is 4.24. The molecule has 1 aliphatic rings. The van der Waals surface area contributed by atoms with Crippen molar-refractivity contribution in [2.24, 2.45) is 5.10 Å². The molecule has 6 nitrogen and oxygen atoms in total. The highest BCUT2D eigenvalue weighted by Gasteiger charge is 2.21. The fourth-order valence-corrected chi connectivity index (χ4v) is 2.99. The maximum absolute atomic E-state index is 9.80. The number of rotatable bonds is 3. The van der Waals surface area contributed by atoms with E-state index in [0.29, 0.717) is 16.3 Å². The van der Waals surface area contributed by atoms with Crippen LogP contribution in [0.2, 0.25) is 0 Å². The van der Waals surface area contributed by atoms with Crippen LogP contribution >= 0.6 is 12.2 Å². The third-order valence-electron chi connectivity index (χ3n) is 3.97. The molecule has 22 heavy (non-hydrogen) atoms. The van der Waals surface area contributed by atoms with Crippen molar-refractivity contribution in [2.75, 3.05) is 0 Å². The van der Waals surface area contributed by atoms with E-state index in [-0.39, 0.29) is 11.5 Å². The summed E-state index contributed by atoms with van der Waals surface area (Å²) in [6.45, 7) is 0. The monoisotopic (exact) mass is 318 g/mol. The quantitative estimate of drug-likeness (QED) is 0.599. The minimum absolute atomic E-state index is 0.0115. The average molecular weight is 318 g/mol. The van der Waals surface area contributed by atoms with Crippen LogP contribution in [0.3, 0.4) is 0 Å². The molecule has 116 valence electrons. The van der Waals surface area contributed by atoms with Crippen LogP contribution < -0.4 is 0 Å². The summed E-state index contributed by atoms with van der Waals surface area (Å²) in [5, 5.41) is 30.6. The number of aromatic hydroxyl groups is 2. The molecule has 0 bridgehead atoms. The number of nitrogens with one attached hydrogen (secondary N) is 1. The molecule has 0 unspecified atom stereocenters. The van der Waals surface area contributed by atoms with Crippen LogP contribution in [-0.2, 0) is 0 Å². The van der Waals surface area contributed by atoms with Gasteiger partial charge in [0.05, 0.1) is 6.21 Å². The summed E-state index contributed by atoms with van der Waals surface area (Å²) in [5.74, 6) is 1.20. The Kier molecular flexibility index (Phi) is 4.24. The van der Waals surface area contributed by atoms with Crippen LogP contribution in [-0.4, -0.2) is 31.3 Å². The number of aromatic nitrogens is 3. The van der Waals surface area contributed by atoms with Gasteiger partial charge in [0.15, 0.2) is 5.82 Å². The van der Waals surface area contributed by atoms with Gasteiger partial charge in [0.25, 0.3) is 0 Å². The fraction of sp³-hybridized carbons (Fsp3) is 0.400. The van der Waals surface area contributed by atoms with Crippen molar-refractivity contribution in [3.63, 3.8) is 0 Å². The molecule has 1 aliphatic carbocycles. The molecule has 1 aromatic heterocycles. The van der Waals surface area contributed by atoms with Gasteiger partial charge in [-0.1, -0.05) is 19.3 Å². The number of hydrogen-bond donors (Lipinski definition) is 3. The Morgan fingerprint density at radius 3 is 2.77 bits per heavy atom. The number of aromatic amines is 1. The van der Waals surface area contributed by atoms with Crippen molar-refractivity contribution < 1.29 is 10.2 Å². The first-order valence-electron chi connectivity index (χ1n) is 7.39. The van der Waals surface area contributed by atoms with E-state index in [4.69, 9.17) is 12.2 Å². The van der Waals surface area contributed by atoms with E-state index >= 15 is 0 Å². The molecule has 0 radical (unpaired) electrons. The van der Waals surface area contributed by atoms with Gasteiger partial charge in [-0.15, -0.1) is 0 Å². The first-order chi connectivity index (χ1) is 10.6. The lowest BCUT2D eigenvalue weighted by Crippen LogP contribution is -2.10. The Balaban J connectivity index is 1.90. The van der Waals surface area contributed by atoms with Crippen LogP contribution in [0.15, 0.2) is 23.3 Å². The number of H-pyrrole nitrogens is 1. The molecule has 0 spiro atoms. The highest BCUT2D eigenvalue weighted by molar-refractivity contribution is 7.71. The Morgan fingerprint density at radius 2 is 2.05 bits per heavy atom. The third kappa shape index (κ3) is 3.04. The van der Waals surface area contributed by atoms with E-state index < -0.39 is 0 Å². The molecular formula is C15H18N4O2S. The Bertz CT molecular complexity index is 744. The van der Waals surface area contributed by atoms with Crippen LogP contribution in [0, 0.1) is 4.77 Å². The number of phenolic OH excluding ortho intramolecular Hbond substituents is 2. The summed E-state index contributed by atoms with van der Waals surface area (Å²) in [6, 6.07) is 4.37. The van der Waals surface area contributed by atoms with E-state index in [1.807, 2.05) is 0 Å². The standard InChI is InChI=1S/C15H18N4O2S/c20-12-7-6-11(13(21)8-12)9-16-19-14(17-18-15(19)22)10-4-2-1-3-5-10/h6-10,20-21H,1-5H2,(H,18,22)/b16-9-. The van der Waals surface area contributed by atoms with Crippen molar-refractivity contribution in [1.82, 2.24) is 14.9 Å². The molecule has 1 heterocycles. The molecular weight excluding hydrogens is 300 g/mol. The number of hydrogen-bond acceptors (Lipinski definition) is 5. The minimum Gasteiger partial charge on any atom is -0.508 e. The van der Waals surface area contributed by atoms with Crippen molar-refractivity contribution in [1.29, 1.82) is 0 Å². The second kappa shape index (κ2) is 6.31. The zero-order valence-corrected chi connectivity index (χ0v) is 12.9. The summed E-state index contributed by atoms with van der Waals surface area (Å²) in [7, 11) is 0. The average Bonchev–Trinajstić information content (AvgIpc) is 2.88. The molecule has 1 fully saturated rings. The van der Waals surface area contributed by atoms with Gasteiger partial charge in [-0.3, -0.25) is 5.10 Å². The lowest BCUT2D eigenvalue weighted by molar-refractivity contribution is 0.419. The summed E-state index contributed by atoms with van der Waals surface area (Å²) in [4.78, 5) is 0. The Hall–Kier alpha value is -2.15. The van der Waals surface area contributed by atoms with Gasteiger partial charge >= 0.3 is 0 Å². The van der Waals surface area contributed by atoms with Crippen LogP contribution in [0.5, 0.6) is 11.5 Å². The van der Waals surface area contributed by atoms with E-state index in [9.17, 15) is 10.2 Å². The lowest BCUT2D eigenvalue weighted by Gasteiger charge is -2.19. The summed E-state index contributed by atoms with van der Waals surface area (Å²) in [6.07, 6.45) is 7.39.